The summed E-state index contributed by atoms with van der Waals surface area (Å²) in [5.74, 6) is 3.18. The molecule has 1 heterocycles. The fraction of sp³-hybridized carbons (Fsp3) is 0.875. The molecule has 0 aliphatic heterocycles. The van der Waals surface area contributed by atoms with Crippen molar-refractivity contribution < 1.29 is 4.52 Å². The second kappa shape index (κ2) is 7.77. The molecule has 1 aromatic heterocycles. The number of nitrogens with one attached hydrogen (secondary N) is 1. The summed E-state index contributed by atoms with van der Waals surface area (Å²) in [5, 5.41) is 7.57. The molecule has 20 heavy (non-hydrogen) atoms. The lowest BCUT2D eigenvalue weighted by molar-refractivity contribution is 0.294. The molecular weight excluding hydrogens is 250 g/mol. The van der Waals surface area contributed by atoms with E-state index in [1.54, 1.807) is 0 Å². The van der Waals surface area contributed by atoms with Gasteiger partial charge in [-0.2, -0.15) is 4.98 Å². The third-order valence-corrected chi connectivity index (χ3v) is 4.28. The van der Waals surface area contributed by atoms with E-state index in [-0.39, 0.29) is 0 Å². The van der Waals surface area contributed by atoms with Crippen molar-refractivity contribution in [3.63, 3.8) is 0 Å². The highest BCUT2D eigenvalue weighted by Crippen LogP contribution is 2.36. The number of hydrogen-bond donors (Lipinski definition) is 1. The van der Waals surface area contributed by atoms with Crippen LogP contribution in [0, 0.1) is 5.92 Å². The van der Waals surface area contributed by atoms with Crippen LogP contribution in [-0.4, -0.2) is 22.7 Å². The number of aromatic nitrogens is 2. The predicted molar refractivity (Wildman–Crippen MR) is 80.7 cm³/mol. The van der Waals surface area contributed by atoms with Crippen molar-refractivity contribution in [1.29, 1.82) is 0 Å². The average molecular weight is 279 g/mol. The zero-order chi connectivity index (χ0) is 14.4. The molecule has 0 saturated heterocycles. The fourth-order valence-corrected chi connectivity index (χ4v) is 3.12. The standard InChI is InChI=1S/C16H29N3O/c1-4-5-13-6-8-14(9-7-13)16-18-15(20-19-16)10-11-17-12(2)3/h12-14,17H,4-11H2,1-3H3. The minimum Gasteiger partial charge on any atom is -0.339 e. The highest BCUT2D eigenvalue weighted by molar-refractivity contribution is 4.98. The molecule has 0 bridgehead atoms. The Morgan fingerprint density at radius 2 is 2.00 bits per heavy atom. The van der Waals surface area contributed by atoms with Gasteiger partial charge in [-0.15, -0.1) is 0 Å². The summed E-state index contributed by atoms with van der Waals surface area (Å²) in [5.41, 5.74) is 0. The molecule has 0 unspecified atom stereocenters. The maximum Gasteiger partial charge on any atom is 0.227 e. The van der Waals surface area contributed by atoms with Gasteiger partial charge in [-0.1, -0.05) is 38.8 Å². The summed E-state index contributed by atoms with van der Waals surface area (Å²) in [6, 6.07) is 0.506. The van der Waals surface area contributed by atoms with Gasteiger partial charge < -0.3 is 9.84 Å². The maximum absolute atomic E-state index is 5.37. The van der Waals surface area contributed by atoms with E-state index in [1.807, 2.05) is 0 Å². The second-order valence-corrected chi connectivity index (χ2v) is 6.41. The van der Waals surface area contributed by atoms with Gasteiger partial charge in [0.2, 0.25) is 5.89 Å². The minimum absolute atomic E-state index is 0.506. The van der Waals surface area contributed by atoms with Crippen molar-refractivity contribution in [1.82, 2.24) is 15.5 Å². The smallest absolute Gasteiger partial charge is 0.227 e. The van der Waals surface area contributed by atoms with Crippen LogP contribution in [0.15, 0.2) is 4.52 Å². The van der Waals surface area contributed by atoms with E-state index < -0.39 is 0 Å². The first-order valence-electron chi connectivity index (χ1n) is 8.25. The lowest BCUT2D eigenvalue weighted by Crippen LogP contribution is -2.25. The normalized spacial score (nSPS) is 23.4. The molecule has 0 radical (unpaired) electrons. The van der Waals surface area contributed by atoms with Crippen LogP contribution in [0.4, 0.5) is 0 Å². The monoisotopic (exact) mass is 279 g/mol. The van der Waals surface area contributed by atoms with Gasteiger partial charge in [0, 0.05) is 24.9 Å². The van der Waals surface area contributed by atoms with Gasteiger partial charge in [-0.05, 0) is 31.6 Å². The van der Waals surface area contributed by atoms with E-state index in [2.05, 4.69) is 36.2 Å². The molecule has 4 nitrogen and oxygen atoms in total. The summed E-state index contributed by atoms with van der Waals surface area (Å²) in [7, 11) is 0. The summed E-state index contributed by atoms with van der Waals surface area (Å²) in [6.07, 6.45) is 8.64. The zero-order valence-corrected chi connectivity index (χ0v) is 13.2. The number of nitrogens with zero attached hydrogens (tertiary/aromatic N) is 2. The minimum atomic E-state index is 0.506. The molecule has 0 amide bonds. The summed E-state index contributed by atoms with van der Waals surface area (Å²) in [4.78, 5) is 4.58. The quantitative estimate of drug-likeness (QED) is 0.827. The van der Waals surface area contributed by atoms with E-state index in [9.17, 15) is 0 Å². The highest BCUT2D eigenvalue weighted by Gasteiger charge is 2.25. The lowest BCUT2D eigenvalue weighted by Gasteiger charge is -2.26. The van der Waals surface area contributed by atoms with E-state index in [0.717, 1.165) is 30.6 Å². The molecule has 1 aromatic rings. The first kappa shape index (κ1) is 15.5. The Balaban J connectivity index is 1.78. The Morgan fingerprint density at radius 3 is 2.65 bits per heavy atom. The van der Waals surface area contributed by atoms with Crippen LogP contribution in [0.2, 0.25) is 0 Å². The van der Waals surface area contributed by atoms with Gasteiger partial charge in [0.1, 0.15) is 0 Å². The Morgan fingerprint density at radius 1 is 1.25 bits per heavy atom. The van der Waals surface area contributed by atoms with Crippen LogP contribution in [0.5, 0.6) is 0 Å². The zero-order valence-electron chi connectivity index (χ0n) is 13.2. The van der Waals surface area contributed by atoms with Crippen LogP contribution in [-0.2, 0) is 6.42 Å². The third kappa shape index (κ3) is 4.58. The SMILES string of the molecule is CCCC1CCC(c2noc(CCNC(C)C)n2)CC1. The van der Waals surface area contributed by atoms with E-state index >= 15 is 0 Å². The van der Waals surface area contributed by atoms with Crippen LogP contribution < -0.4 is 5.32 Å². The van der Waals surface area contributed by atoms with Crippen LogP contribution in [0.3, 0.4) is 0 Å². The highest BCUT2D eigenvalue weighted by atomic mass is 16.5. The van der Waals surface area contributed by atoms with Crippen molar-refractivity contribution in [3.8, 4) is 0 Å². The van der Waals surface area contributed by atoms with Gasteiger partial charge in [0.25, 0.3) is 0 Å². The van der Waals surface area contributed by atoms with Gasteiger partial charge >= 0.3 is 0 Å². The lowest BCUT2D eigenvalue weighted by atomic mass is 9.80. The number of hydrogen-bond acceptors (Lipinski definition) is 4. The molecule has 114 valence electrons. The maximum atomic E-state index is 5.37. The van der Waals surface area contributed by atoms with E-state index in [4.69, 9.17) is 4.52 Å². The van der Waals surface area contributed by atoms with Gasteiger partial charge in [0.05, 0.1) is 0 Å². The average Bonchev–Trinajstić information content (AvgIpc) is 2.88. The molecule has 1 N–H and O–H groups in total. The largest absolute Gasteiger partial charge is 0.339 e. The summed E-state index contributed by atoms with van der Waals surface area (Å²) >= 11 is 0. The predicted octanol–water partition coefficient (Wildman–Crippen LogP) is 3.68. The van der Waals surface area contributed by atoms with Crippen LogP contribution >= 0.6 is 0 Å². The van der Waals surface area contributed by atoms with E-state index in [0.29, 0.717) is 12.0 Å². The van der Waals surface area contributed by atoms with Crippen molar-refractivity contribution in [2.75, 3.05) is 6.54 Å². The van der Waals surface area contributed by atoms with Crippen molar-refractivity contribution in [2.24, 2.45) is 5.92 Å². The molecule has 0 spiro atoms. The van der Waals surface area contributed by atoms with Gasteiger partial charge in [-0.25, -0.2) is 0 Å². The van der Waals surface area contributed by atoms with Crippen LogP contribution in [0.25, 0.3) is 0 Å². The van der Waals surface area contributed by atoms with Gasteiger partial charge in [-0.3, -0.25) is 0 Å². The summed E-state index contributed by atoms with van der Waals surface area (Å²) < 4.78 is 5.37. The van der Waals surface area contributed by atoms with E-state index in [1.165, 1.54) is 38.5 Å². The molecule has 0 atom stereocenters. The molecule has 1 aliphatic carbocycles. The molecule has 1 saturated carbocycles. The van der Waals surface area contributed by atoms with Crippen LogP contribution in [0.1, 0.15) is 76.9 Å². The van der Waals surface area contributed by atoms with Crippen molar-refractivity contribution in [3.05, 3.63) is 11.7 Å². The first-order valence-corrected chi connectivity index (χ1v) is 8.25. The third-order valence-electron chi connectivity index (χ3n) is 4.28. The molecule has 0 aromatic carbocycles. The van der Waals surface area contributed by atoms with Crippen molar-refractivity contribution >= 4 is 0 Å². The Bertz CT molecular complexity index is 381. The van der Waals surface area contributed by atoms with Gasteiger partial charge in [0.15, 0.2) is 5.82 Å². The first-order chi connectivity index (χ1) is 9.69. The molecule has 1 fully saturated rings. The number of rotatable bonds is 7. The molecule has 4 heteroatoms. The summed E-state index contributed by atoms with van der Waals surface area (Å²) in [6.45, 7) is 7.48. The Hall–Kier alpha value is -0.900. The molecule has 2 rings (SSSR count). The Kier molecular flexibility index (Phi) is 6.02. The van der Waals surface area contributed by atoms with Crippen molar-refractivity contribution in [2.45, 2.75) is 77.7 Å². The second-order valence-electron chi connectivity index (χ2n) is 6.41. The Labute approximate surface area is 122 Å². The fourth-order valence-electron chi connectivity index (χ4n) is 3.12. The molecular formula is C16H29N3O. The topological polar surface area (TPSA) is 51.0 Å². The molecule has 1 aliphatic rings.